The van der Waals surface area contributed by atoms with Gasteiger partial charge in [0.15, 0.2) is 0 Å². The molecule has 4 nitrogen and oxygen atoms in total. The zero-order chi connectivity index (χ0) is 12.3. The molecule has 0 radical (unpaired) electrons. The van der Waals surface area contributed by atoms with Gasteiger partial charge in [-0.3, -0.25) is 9.59 Å². The molecule has 1 aromatic rings. The van der Waals surface area contributed by atoms with Crippen molar-refractivity contribution in [3.05, 3.63) is 28.1 Å². The molecule has 17 heavy (non-hydrogen) atoms. The van der Waals surface area contributed by atoms with Crippen molar-refractivity contribution in [1.29, 1.82) is 0 Å². The lowest BCUT2D eigenvalue weighted by Gasteiger charge is -1.91. The van der Waals surface area contributed by atoms with Crippen molar-refractivity contribution in [1.82, 2.24) is 0 Å². The molecule has 0 aliphatic carbocycles. The molecule has 0 saturated heterocycles. The molecule has 1 aliphatic heterocycles. The molecule has 0 unspecified atom stereocenters. The van der Waals surface area contributed by atoms with Crippen LogP contribution < -0.4 is 0 Å². The molecule has 0 aromatic carbocycles. The van der Waals surface area contributed by atoms with Gasteiger partial charge >= 0.3 is 5.97 Å². The lowest BCUT2D eigenvalue weighted by atomic mass is 10.4. The van der Waals surface area contributed by atoms with Crippen LogP contribution in [-0.2, 0) is 9.59 Å². The first-order valence-corrected chi connectivity index (χ1v) is 7.24. The Morgan fingerprint density at radius 1 is 1.59 bits per heavy atom. The molecule has 0 bridgehead atoms. The van der Waals surface area contributed by atoms with Crippen LogP contribution in [0, 0.1) is 0 Å². The number of nitrogens with zero attached hydrogens (tertiary/aromatic N) is 1. The monoisotopic (exact) mass is 285 g/mol. The number of rotatable bonds is 3. The van der Waals surface area contributed by atoms with Gasteiger partial charge < -0.3 is 5.11 Å². The first-order valence-electron chi connectivity index (χ1n) is 4.56. The standard InChI is InChI=1S/C10H7NO3S3/c12-8(13)5-16-10-11-7(9(14)17-10)4-6-2-1-3-15-6/h1-4H,5H2,(H,12,13). The molecule has 0 fully saturated rings. The van der Waals surface area contributed by atoms with Gasteiger partial charge in [-0.15, -0.1) is 11.3 Å². The van der Waals surface area contributed by atoms with Gasteiger partial charge in [0.1, 0.15) is 10.1 Å². The lowest BCUT2D eigenvalue weighted by Crippen LogP contribution is -1.99. The number of aliphatic carboxylic acids is 1. The molecular weight excluding hydrogens is 278 g/mol. The second-order valence-corrected chi connectivity index (χ2v) is 6.16. The Labute approximate surface area is 110 Å². The summed E-state index contributed by atoms with van der Waals surface area (Å²) in [6.07, 6.45) is 1.72. The summed E-state index contributed by atoms with van der Waals surface area (Å²) in [5.74, 6) is -0.993. The highest BCUT2D eigenvalue weighted by atomic mass is 32.2. The minimum Gasteiger partial charge on any atom is -0.481 e. The Balaban J connectivity index is 2.09. The van der Waals surface area contributed by atoms with Gasteiger partial charge in [0.25, 0.3) is 0 Å². The molecule has 1 aliphatic rings. The van der Waals surface area contributed by atoms with Crippen molar-refractivity contribution in [3.8, 4) is 0 Å². The highest BCUT2D eigenvalue weighted by molar-refractivity contribution is 8.45. The van der Waals surface area contributed by atoms with E-state index >= 15 is 0 Å². The van der Waals surface area contributed by atoms with E-state index in [1.165, 1.54) is 11.3 Å². The number of thiophene rings is 1. The summed E-state index contributed by atoms with van der Waals surface area (Å²) in [6.45, 7) is 0. The predicted octanol–water partition coefficient (Wildman–Crippen LogP) is 2.54. The zero-order valence-electron chi connectivity index (χ0n) is 8.45. The largest absolute Gasteiger partial charge is 0.481 e. The van der Waals surface area contributed by atoms with Gasteiger partial charge in [0, 0.05) is 4.88 Å². The van der Waals surface area contributed by atoms with Crippen LogP contribution in [-0.4, -0.2) is 26.3 Å². The van der Waals surface area contributed by atoms with E-state index in [-0.39, 0.29) is 10.9 Å². The highest BCUT2D eigenvalue weighted by Crippen LogP contribution is 2.31. The molecular formula is C10H7NO3S3. The van der Waals surface area contributed by atoms with Gasteiger partial charge in [-0.05, 0) is 29.3 Å². The van der Waals surface area contributed by atoms with E-state index in [1.807, 2.05) is 17.5 Å². The lowest BCUT2D eigenvalue weighted by molar-refractivity contribution is -0.133. The maximum atomic E-state index is 11.6. The summed E-state index contributed by atoms with van der Waals surface area (Å²) in [6, 6.07) is 3.79. The highest BCUT2D eigenvalue weighted by Gasteiger charge is 2.23. The third-order valence-corrected chi connectivity index (χ3v) is 4.56. The smallest absolute Gasteiger partial charge is 0.313 e. The summed E-state index contributed by atoms with van der Waals surface area (Å²) in [5, 5.41) is 10.3. The van der Waals surface area contributed by atoms with Crippen LogP contribution in [0.1, 0.15) is 4.88 Å². The first kappa shape index (κ1) is 12.4. The second-order valence-electron chi connectivity index (χ2n) is 2.99. The fourth-order valence-electron chi connectivity index (χ4n) is 1.08. The molecule has 7 heteroatoms. The normalized spacial score (nSPS) is 17.5. The predicted molar refractivity (Wildman–Crippen MR) is 72.4 cm³/mol. The van der Waals surface area contributed by atoms with E-state index in [9.17, 15) is 9.59 Å². The van der Waals surface area contributed by atoms with Gasteiger partial charge in [0.05, 0.1) is 5.75 Å². The van der Waals surface area contributed by atoms with Crippen molar-refractivity contribution in [3.63, 3.8) is 0 Å². The van der Waals surface area contributed by atoms with Crippen LogP contribution in [0.25, 0.3) is 6.08 Å². The summed E-state index contributed by atoms with van der Waals surface area (Å²) < 4.78 is 0.500. The third kappa shape index (κ3) is 3.45. The van der Waals surface area contributed by atoms with E-state index in [0.29, 0.717) is 10.1 Å². The van der Waals surface area contributed by atoms with Gasteiger partial charge in [-0.2, -0.15) is 0 Å². The Bertz CT molecular complexity index is 505. The summed E-state index contributed by atoms with van der Waals surface area (Å²) in [5.41, 5.74) is 0.380. The fraction of sp³-hybridized carbons (Fsp3) is 0.100. The number of carbonyl (C=O) groups is 2. The molecule has 0 atom stereocenters. The quantitative estimate of drug-likeness (QED) is 0.864. The average molecular weight is 285 g/mol. The molecule has 2 rings (SSSR count). The topological polar surface area (TPSA) is 66.7 Å². The first-order chi connectivity index (χ1) is 8.15. The van der Waals surface area contributed by atoms with Crippen LogP contribution in [0.5, 0.6) is 0 Å². The number of hydrogen-bond donors (Lipinski definition) is 1. The Morgan fingerprint density at radius 2 is 2.41 bits per heavy atom. The number of thioether (sulfide) groups is 2. The molecule has 0 saturated carbocycles. The molecule has 2 heterocycles. The van der Waals surface area contributed by atoms with Crippen LogP contribution >= 0.6 is 34.9 Å². The Morgan fingerprint density at radius 3 is 3.06 bits per heavy atom. The second kappa shape index (κ2) is 5.52. The SMILES string of the molecule is O=C(O)CSC1=NC(=Cc2cccs2)C(=O)S1. The van der Waals surface area contributed by atoms with Gasteiger partial charge in [0.2, 0.25) is 5.12 Å². The molecule has 88 valence electrons. The molecule has 1 N–H and O–H groups in total. The Hall–Kier alpha value is -1.05. The maximum absolute atomic E-state index is 11.6. The van der Waals surface area contributed by atoms with E-state index in [4.69, 9.17) is 5.11 Å². The number of carboxylic acids is 1. The fourth-order valence-corrected chi connectivity index (χ4v) is 3.30. The number of aliphatic imine (C=N–C) groups is 1. The summed E-state index contributed by atoms with van der Waals surface area (Å²) in [4.78, 5) is 27.0. The minimum atomic E-state index is -0.915. The van der Waals surface area contributed by atoms with Crippen molar-refractivity contribution in [2.45, 2.75) is 0 Å². The van der Waals surface area contributed by atoms with Gasteiger partial charge in [-0.1, -0.05) is 17.8 Å². The van der Waals surface area contributed by atoms with Crippen molar-refractivity contribution in [2.75, 3.05) is 5.75 Å². The number of carboxylic acid groups (broad SMARTS) is 1. The summed E-state index contributed by atoms with van der Waals surface area (Å²) >= 11 is 3.58. The van der Waals surface area contributed by atoms with Crippen LogP contribution in [0.3, 0.4) is 0 Å². The van der Waals surface area contributed by atoms with E-state index < -0.39 is 5.97 Å². The molecule has 0 spiro atoms. The molecule has 0 amide bonds. The van der Waals surface area contributed by atoms with Crippen LogP contribution in [0.15, 0.2) is 28.2 Å². The van der Waals surface area contributed by atoms with E-state index in [0.717, 1.165) is 28.4 Å². The van der Waals surface area contributed by atoms with Crippen LogP contribution in [0.2, 0.25) is 0 Å². The maximum Gasteiger partial charge on any atom is 0.313 e. The average Bonchev–Trinajstić information content (AvgIpc) is 2.87. The van der Waals surface area contributed by atoms with Crippen molar-refractivity contribution < 1.29 is 14.7 Å². The van der Waals surface area contributed by atoms with Gasteiger partial charge in [-0.25, -0.2) is 4.99 Å². The third-order valence-electron chi connectivity index (χ3n) is 1.74. The Kier molecular flexibility index (Phi) is 4.03. The van der Waals surface area contributed by atoms with E-state index in [2.05, 4.69) is 4.99 Å². The molecule has 1 aromatic heterocycles. The number of hydrogen-bond acceptors (Lipinski definition) is 6. The minimum absolute atomic E-state index is 0.0780. The van der Waals surface area contributed by atoms with Crippen molar-refractivity contribution >= 4 is 56.4 Å². The summed E-state index contributed by atoms with van der Waals surface area (Å²) in [7, 11) is 0. The van der Waals surface area contributed by atoms with Crippen molar-refractivity contribution in [2.24, 2.45) is 4.99 Å². The zero-order valence-corrected chi connectivity index (χ0v) is 10.9. The van der Waals surface area contributed by atoms with Crippen LogP contribution in [0.4, 0.5) is 0 Å². The van der Waals surface area contributed by atoms with E-state index in [1.54, 1.807) is 6.08 Å². The number of carbonyl (C=O) groups excluding carboxylic acids is 1.